The zero-order valence-corrected chi connectivity index (χ0v) is 10.7. The van der Waals surface area contributed by atoms with E-state index in [-0.39, 0.29) is 0 Å². The van der Waals surface area contributed by atoms with Gasteiger partial charge in [-0.1, -0.05) is 39.3 Å². The first-order chi connectivity index (χ1) is 8.11. The van der Waals surface area contributed by atoms with Gasteiger partial charge >= 0.3 is 0 Å². The van der Waals surface area contributed by atoms with Crippen LogP contribution in [0.3, 0.4) is 0 Å². The van der Waals surface area contributed by atoms with Gasteiger partial charge in [0.05, 0.1) is 5.69 Å². The maximum Gasteiger partial charge on any atom is 0.138 e. The number of rotatable bonds is 4. The van der Waals surface area contributed by atoms with Crippen LogP contribution in [0.4, 0.5) is 0 Å². The third-order valence-electron chi connectivity index (χ3n) is 3.26. The maximum absolute atomic E-state index is 4.11. The van der Waals surface area contributed by atoms with Crippen LogP contribution in [0.15, 0.2) is 36.9 Å². The molecule has 0 atom stereocenters. The van der Waals surface area contributed by atoms with Gasteiger partial charge in [-0.25, -0.2) is 9.67 Å². The first-order valence-electron chi connectivity index (χ1n) is 6.05. The molecule has 0 aliphatic heterocycles. The second-order valence-electron chi connectivity index (χ2n) is 5.20. The van der Waals surface area contributed by atoms with Gasteiger partial charge in [0.25, 0.3) is 0 Å². The summed E-state index contributed by atoms with van der Waals surface area (Å²) in [5.41, 5.74) is 2.80. The molecule has 0 amide bonds. The zero-order chi connectivity index (χ0) is 12.3. The van der Waals surface area contributed by atoms with Crippen LogP contribution in [0.2, 0.25) is 0 Å². The number of benzene rings is 1. The zero-order valence-electron chi connectivity index (χ0n) is 10.7. The molecule has 1 aromatic carbocycles. The van der Waals surface area contributed by atoms with Gasteiger partial charge in [-0.2, -0.15) is 5.10 Å². The van der Waals surface area contributed by atoms with Gasteiger partial charge in [-0.05, 0) is 29.5 Å². The van der Waals surface area contributed by atoms with Gasteiger partial charge in [0.1, 0.15) is 12.7 Å². The molecule has 0 radical (unpaired) electrons. The maximum atomic E-state index is 4.11. The van der Waals surface area contributed by atoms with E-state index in [4.69, 9.17) is 0 Å². The predicted molar refractivity (Wildman–Crippen MR) is 69.1 cm³/mol. The lowest BCUT2D eigenvalue weighted by atomic mass is 9.83. The van der Waals surface area contributed by atoms with Crippen LogP contribution in [0.25, 0.3) is 5.69 Å². The second-order valence-corrected chi connectivity index (χ2v) is 5.20. The normalized spacial score (nSPS) is 11.7. The van der Waals surface area contributed by atoms with E-state index in [0.29, 0.717) is 5.41 Å². The Morgan fingerprint density at radius 3 is 2.41 bits per heavy atom. The minimum atomic E-state index is 0.370. The smallest absolute Gasteiger partial charge is 0.138 e. The van der Waals surface area contributed by atoms with E-state index in [2.05, 4.69) is 55.1 Å². The minimum Gasteiger partial charge on any atom is -0.223 e. The summed E-state index contributed by atoms with van der Waals surface area (Å²) in [6.07, 6.45) is 5.57. The third-order valence-corrected chi connectivity index (χ3v) is 3.26. The van der Waals surface area contributed by atoms with Crippen LogP contribution in [-0.2, 0) is 6.42 Å². The van der Waals surface area contributed by atoms with Crippen molar-refractivity contribution in [2.75, 3.05) is 0 Å². The van der Waals surface area contributed by atoms with E-state index in [1.165, 1.54) is 12.0 Å². The van der Waals surface area contributed by atoms with Crippen LogP contribution in [0.5, 0.6) is 0 Å². The van der Waals surface area contributed by atoms with Crippen LogP contribution >= 0.6 is 0 Å². The van der Waals surface area contributed by atoms with Gasteiger partial charge in [-0.3, -0.25) is 0 Å². The van der Waals surface area contributed by atoms with Gasteiger partial charge in [0.15, 0.2) is 0 Å². The molecule has 2 rings (SSSR count). The Morgan fingerprint density at radius 2 is 1.88 bits per heavy atom. The summed E-state index contributed by atoms with van der Waals surface area (Å²) in [5.74, 6) is 0. The summed E-state index contributed by atoms with van der Waals surface area (Å²) in [4.78, 5) is 3.95. The monoisotopic (exact) mass is 229 g/mol. The predicted octanol–water partition coefficient (Wildman–Crippen LogP) is 3.25. The van der Waals surface area contributed by atoms with Crippen LogP contribution in [-0.4, -0.2) is 14.8 Å². The highest BCUT2D eigenvalue weighted by Gasteiger charge is 2.15. The van der Waals surface area contributed by atoms with E-state index in [0.717, 1.165) is 12.1 Å². The molecule has 0 N–H and O–H groups in total. The minimum absolute atomic E-state index is 0.370. The highest BCUT2D eigenvalue weighted by molar-refractivity contribution is 5.33. The first kappa shape index (κ1) is 11.8. The Morgan fingerprint density at radius 1 is 1.18 bits per heavy atom. The highest BCUT2D eigenvalue weighted by atomic mass is 15.3. The van der Waals surface area contributed by atoms with Crippen molar-refractivity contribution < 1.29 is 0 Å². The molecule has 0 aliphatic rings. The Labute approximate surface area is 103 Å². The lowest BCUT2D eigenvalue weighted by Gasteiger charge is -2.22. The molecule has 1 heterocycles. The molecule has 0 saturated heterocycles. The average molecular weight is 229 g/mol. The van der Waals surface area contributed by atoms with E-state index in [9.17, 15) is 0 Å². The Kier molecular flexibility index (Phi) is 3.27. The molecule has 0 aliphatic carbocycles. The Hall–Kier alpha value is -1.64. The largest absolute Gasteiger partial charge is 0.223 e. The summed E-state index contributed by atoms with van der Waals surface area (Å²) >= 11 is 0. The summed E-state index contributed by atoms with van der Waals surface area (Å²) in [6.45, 7) is 6.85. The molecular weight excluding hydrogens is 210 g/mol. The molecule has 0 unspecified atom stereocenters. The molecule has 2 aromatic rings. The molecule has 90 valence electrons. The molecule has 0 spiro atoms. The number of aromatic nitrogens is 3. The molecule has 3 nitrogen and oxygen atoms in total. The molecule has 3 heteroatoms. The van der Waals surface area contributed by atoms with Crippen molar-refractivity contribution in [2.45, 2.75) is 33.6 Å². The van der Waals surface area contributed by atoms with Gasteiger partial charge in [-0.15, -0.1) is 0 Å². The topological polar surface area (TPSA) is 30.7 Å². The molecule has 0 fully saturated rings. The van der Waals surface area contributed by atoms with Crippen molar-refractivity contribution in [1.29, 1.82) is 0 Å². The van der Waals surface area contributed by atoms with Gasteiger partial charge < -0.3 is 0 Å². The summed E-state index contributed by atoms with van der Waals surface area (Å²) in [6, 6.07) is 8.54. The lowest BCUT2D eigenvalue weighted by Crippen LogP contribution is -2.13. The highest BCUT2D eigenvalue weighted by Crippen LogP contribution is 2.25. The van der Waals surface area contributed by atoms with Crippen molar-refractivity contribution in [3.8, 4) is 5.69 Å². The third kappa shape index (κ3) is 2.93. The fourth-order valence-electron chi connectivity index (χ4n) is 1.79. The van der Waals surface area contributed by atoms with Crippen molar-refractivity contribution >= 4 is 0 Å². The fourth-order valence-corrected chi connectivity index (χ4v) is 1.79. The summed E-state index contributed by atoms with van der Waals surface area (Å²) in [7, 11) is 0. The van der Waals surface area contributed by atoms with E-state index < -0.39 is 0 Å². The summed E-state index contributed by atoms with van der Waals surface area (Å²) in [5, 5.41) is 4.11. The van der Waals surface area contributed by atoms with Crippen molar-refractivity contribution in [2.24, 2.45) is 5.41 Å². The Bertz CT molecular complexity index is 455. The SMILES string of the molecule is CCC(C)(C)Cc1ccc(-n2cncn2)cc1. The fraction of sp³-hybridized carbons (Fsp3) is 0.429. The van der Waals surface area contributed by atoms with Crippen molar-refractivity contribution in [3.63, 3.8) is 0 Å². The Balaban J connectivity index is 2.14. The van der Waals surface area contributed by atoms with Crippen LogP contribution < -0.4 is 0 Å². The number of hydrogen-bond donors (Lipinski definition) is 0. The average Bonchev–Trinajstić information content (AvgIpc) is 2.83. The molecule has 17 heavy (non-hydrogen) atoms. The van der Waals surface area contributed by atoms with Crippen LogP contribution in [0.1, 0.15) is 32.8 Å². The van der Waals surface area contributed by atoms with Gasteiger partial charge in [0, 0.05) is 0 Å². The second kappa shape index (κ2) is 4.70. The van der Waals surface area contributed by atoms with E-state index in [1.54, 1.807) is 17.3 Å². The van der Waals surface area contributed by atoms with Gasteiger partial charge in [0.2, 0.25) is 0 Å². The lowest BCUT2D eigenvalue weighted by molar-refractivity contribution is 0.349. The first-order valence-corrected chi connectivity index (χ1v) is 6.05. The van der Waals surface area contributed by atoms with Crippen molar-refractivity contribution in [3.05, 3.63) is 42.5 Å². The number of hydrogen-bond acceptors (Lipinski definition) is 2. The molecule has 0 bridgehead atoms. The molecular formula is C14H19N3. The standard InChI is InChI=1S/C14H19N3/c1-4-14(2,3)9-12-5-7-13(8-6-12)17-11-15-10-16-17/h5-8,10-11H,4,9H2,1-3H3. The molecule has 1 aromatic heterocycles. The number of nitrogens with zero attached hydrogens (tertiary/aromatic N) is 3. The quantitative estimate of drug-likeness (QED) is 0.805. The summed E-state index contributed by atoms with van der Waals surface area (Å²) < 4.78 is 1.77. The van der Waals surface area contributed by atoms with Crippen LogP contribution in [0, 0.1) is 5.41 Å². The molecule has 0 saturated carbocycles. The van der Waals surface area contributed by atoms with Crippen molar-refractivity contribution in [1.82, 2.24) is 14.8 Å². The van der Waals surface area contributed by atoms with E-state index >= 15 is 0 Å². The van der Waals surface area contributed by atoms with E-state index in [1.807, 2.05) is 0 Å².